The Labute approximate surface area is 248 Å². The number of carboxylic acid groups (broad SMARTS) is 1. The number of amides is 4. The smallest absolute Gasteiger partial charge is 0.326 e. The quantitative estimate of drug-likeness (QED) is 0.123. The maximum Gasteiger partial charge on any atom is 0.326 e. The van der Waals surface area contributed by atoms with Gasteiger partial charge in [0.2, 0.25) is 23.6 Å². The fraction of sp³-hybridized carbons (Fsp3) is 0.367. The predicted octanol–water partition coefficient (Wildman–Crippen LogP) is 0.447. The van der Waals surface area contributed by atoms with E-state index in [0.29, 0.717) is 11.1 Å². The van der Waals surface area contributed by atoms with Crippen LogP contribution < -0.4 is 27.4 Å². The van der Waals surface area contributed by atoms with Gasteiger partial charge in [-0.15, -0.1) is 0 Å². The first kappa shape index (κ1) is 32.6. The van der Waals surface area contributed by atoms with Gasteiger partial charge >= 0.3 is 5.97 Å². The summed E-state index contributed by atoms with van der Waals surface area (Å²) >= 11 is 0. The highest BCUT2D eigenvalue weighted by molar-refractivity contribution is 5.94. The summed E-state index contributed by atoms with van der Waals surface area (Å²) in [7, 11) is 0. The van der Waals surface area contributed by atoms with Crippen LogP contribution in [0.4, 0.5) is 0 Å². The summed E-state index contributed by atoms with van der Waals surface area (Å²) < 4.78 is 0. The molecule has 4 unspecified atom stereocenters. The Morgan fingerprint density at radius 3 is 2.14 bits per heavy atom. The number of aliphatic carboxylic acids is 1. The molecule has 0 saturated carbocycles. The molecular formula is C30H38N6O7. The minimum atomic E-state index is -1.28. The molecule has 0 fully saturated rings. The van der Waals surface area contributed by atoms with Crippen molar-refractivity contribution in [3.8, 4) is 5.75 Å². The second-order valence-electron chi connectivity index (χ2n) is 10.7. The van der Waals surface area contributed by atoms with E-state index in [9.17, 15) is 34.2 Å². The molecule has 0 bridgehead atoms. The predicted molar refractivity (Wildman–Crippen MR) is 158 cm³/mol. The molecule has 13 nitrogen and oxygen atoms in total. The number of carbonyl (C=O) groups excluding carboxylic acids is 4. The van der Waals surface area contributed by atoms with Crippen LogP contribution in [0.3, 0.4) is 0 Å². The zero-order chi connectivity index (χ0) is 31.7. The van der Waals surface area contributed by atoms with E-state index in [-0.39, 0.29) is 31.4 Å². The van der Waals surface area contributed by atoms with E-state index in [0.717, 1.165) is 10.9 Å². The van der Waals surface area contributed by atoms with Crippen molar-refractivity contribution in [3.05, 3.63) is 65.9 Å². The van der Waals surface area contributed by atoms with Crippen LogP contribution in [0.5, 0.6) is 5.75 Å². The van der Waals surface area contributed by atoms with E-state index >= 15 is 0 Å². The van der Waals surface area contributed by atoms with Gasteiger partial charge < -0.3 is 42.6 Å². The summed E-state index contributed by atoms with van der Waals surface area (Å²) in [6.45, 7) is 3.38. The third-order valence-corrected chi connectivity index (χ3v) is 7.01. The molecule has 2 aromatic carbocycles. The molecule has 0 radical (unpaired) electrons. The van der Waals surface area contributed by atoms with Gasteiger partial charge in [-0.3, -0.25) is 19.2 Å². The Balaban J connectivity index is 1.76. The van der Waals surface area contributed by atoms with Crippen molar-refractivity contribution in [1.29, 1.82) is 0 Å². The van der Waals surface area contributed by atoms with Crippen LogP contribution in [-0.4, -0.2) is 69.0 Å². The highest BCUT2D eigenvalue weighted by atomic mass is 16.4. The molecule has 0 aliphatic carbocycles. The van der Waals surface area contributed by atoms with Crippen LogP contribution in [0.1, 0.15) is 37.8 Å². The Kier molecular flexibility index (Phi) is 11.2. The van der Waals surface area contributed by atoms with E-state index in [1.807, 2.05) is 24.3 Å². The second kappa shape index (κ2) is 14.8. The lowest BCUT2D eigenvalue weighted by atomic mass is 9.99. The van der Waals surface area contributed by atoms with E-state index in [1.165, 1.54) is 12.1 Å². The van der Waals surface area contributed by atoms with E-state index in [1.54, 1.807) is 32.2 Å². The first-order chi connectivity index (χ1) is 20.3. The number of hydrogen-bond donors (Lipinski definition) is 8. The zero-order valence-electron chi connectivity index (χ0n) is 24.0. The minimum absolute atomic E-state index is 0.00652. The molecule has 0 aliphatic heterocycles. The van der Waals surface area contributed by atoms with Gasteiger partial charge in [-0.05, 0) is 41.7 Å². The fourth-order valence-corrected chi connectivity index (χ4v) is 4.56. The lowest BCUT2D eigenvalue weighted by Gasteiger charge is -2.27. The first-order valence-corrected chi connectivity index (χ1v) is 13.9. The number of hydrogen-bond acceptors (Lipinski definition) is 7. The molecule has 13 heteroatoms. The maximum absolute atomic E-state index is 13.5. The number of phenols is 1. The molecule has 3 aromatic rings. The van der Waals surface area contributed by atoms with Crippen molar-refractivity contribution in [3.63, 3.8) is 0 Å². The average molecular weight is 595 g/mol. The zero-order valence-corrected chi connectivity index (χ0v) is 24.0. The maximum atomic E-state index is 13.5. The lowest BCUT2D eigenvalue weighted by Crippen LogP contribution is -2.59. The van der Waals surface area contributed by atoms with Crippen molar-refractivity contribution >= 4 is 40.5 Å². The molecule has 230 valence electrons. The van der Waals surface area contributed by atoms with Gasteiger partial charge in [0, 0.05) is 36.4 Å². The Morgan fingerprint density at radius 1 is 0.860 bits per heavy atom. The van der Waals surface area contributed by atoms with Crippen LogP contribution >= 0.6 is 0 Å². The van der Waals surface area contributed by atoms with Crippen LogP contribution in [-0.2, 0) is 36.8 Å². The van der Waals surface area contributed by atoms with E-state index in [4.69, 9.17) is 11.5 Å². The number of nitrogens with two attached hydrogens (primary N) is 2. The third-order valence-electron chi connectivity index (χ3n) is 7.01. The number of primary amides is 1. The molecule has 3 rings (SSSR count). The number of phenolic OH excluding ortho intramolecular Hbond substituents is 1. The normalized spacial score (nSPS) is 14.0. The second-order valence-corrected chi connectivity index (χ2v) is 10.7. The number of H-pyrrole nitrogens is 1. The largest absolute Gasteiger partial charge is 0.508 e. The number of nitrogens with one attached hydrogen (secondary N) is 4. The number of carboxylic acids is 1. The molecule has 0 spiro atoms. The molecule has 1 heterocycles. The van der Waals surface area contributed by atoms with Crippen molar-refractivity contribution in [2.24, 2.45) is 17.4 Å². The molecule has 43 heavy (non-hydrogen) atoms. The van der Waals surface area contributed by atoms with Gasteiger partial charge in [0.05, 0.1) is 6.04 Å². The van der Waals surface area contributed by atoms with Gasteiger partial charge in [-0.1, -0.05) is 44.2 Å². The summed E-state index contributed by atoms with van der Waals surface area (Å²) in [5.74, 6) is -4.42. The van der Waals surface area contributed by atoms with Crippen LogP contribution in [0.2, 0.25) is 0 Å². The summed E-state index contributed by atoms with van der Waals surface area (Å²) in [5.41, 5.74) is 13.2. The number of aromatic amines is 1. The number of aromatic hydroxyl groups is 1. The minimum Gasteiger partial charge on any atom is -0.508 e. The van der Waals surface area contributed by atoms with E-state index in [2.05, 4.69) is 20.9 Å². The summed E-state index contributed by atoms with van der Waals surface area (Å²) in [6, 6.07) is 8.66. The third kappa shape index (κ3) is 9.30. The first-order valence-electron chi connectivity index (χ1n) is 13.9. The number of rotatable bonds is 15. The molecule has 4 amide bonds. The molecule has 0 saturated heterocycles. The van der Waals surface area contributed by atoms with Crippen LogP contribution in [0.15, 0.2) is 54.7 Å². The van der Waals surface area contributed by atoms with E-state index < -0.39 is 59.7 Å². The van der Waals surface area contributed by atoms with Gasteiger partial charge in [0.1, 0.15) is 23.9 Å². The van der Waals surface area contributed by atoms with Crippen molar-refractivity contribution in [1.82, 2.24) is 20.9 Å². The van der Waals surface area contributed by atoms with Crippen molar-refractivity contribution < 1.29 is 34.2 Å². The SMILES string of the molecule is CC(C)C(NC(=O)C(Cc1ccc(O)cc1)NC(=O)C(N)CCC(N)=O)C(=O)NC(Cc1c[nH]c2ccccc12)C(=O)O. The summed E-state index contributed by atoms with van der Waals surface area (Å²) in [4.78, 5) is 65.9. The molecule has 4 atom stereocenters. The highest BCUT2D eigenvalue weighted by Gasteiger charge is 2.32. The highest BCUT2D eigenvalue weighted by Crippen LogP contribution is 2.19. The fourth-order valence-electron chi connectivity index (χ4n) is 4.56. The Bertz CT molecular complexity index is 1450. The number of benzene rings is 2. The van der Waals surface area contributed by atoms with Crippen molar-refractivity contribution in [2.45, 2.75) is 63.7 Å². The van der Waals surface area contributed by atoms with Crippen LogP contribution in [0, 0.1) is 5.92 Å². The Morgan fingerprint density at radius 2 is 1.51 bits per heavy atom. The summed E-state index contributed by atoms with van der Waals surface area (Å²) in [5, 5.41) is 28.1. The number of carbonyl (C=O) groups is 5. The van der Waals surface area contributed by atoms with Gasteiger partial charge in [-0.25, -0.2) is 4.79 Å². The van der Waals surface area contributed by atoms with Gasteiger partial charge in [0.25, 0.3) is 0 Å². The average Bonchev–Trinajstić information content (AvgIpc) is 3.37. The number of aromatic nitrogens is 1. The topological polar surface area (TPSA) is 230 Å². The van der Waals surface area contributed by atoms with Crippen molar-refractivity contribution in [2.75, 3.05) is 0 Å². The Hall–Kier alpha value is -4.91. The monoisotopic (exact) mass is 594 g/mol. The molecule has 1 aromatic heterocycles. The van der Waals surface area contributed by atoms with Gasteiger partial charge in [-0.2, -0.15) is 0 Å². The molecule has 0 aliphatic rings. The standard InChI is InChI=1S/C30H38N6O7/c1-16(2)26(29(41)35-24(30(42)43)14-18-15-33-22-6-4-3-5-20(18)22)36-28(40)23(13-17-7-9-19(37)10-8-17)34-27(39)21(31)11-12-25(32)38/h3-10,15-16,21,23-24,26,33,37H,11-14,31H2,1-2H3,(H2,32,38)(H,34,39)(H,35,41)(H,36,40)(H,42,43). The molecule has 10 N–H and O–H groups in total. The molecular weight excluding hydrogens is 556 g/mol. The summed E-state index contributed by atoms with van der Waals surface area (Å²) in [6.07, 6.45) is 1.54. The lowest BCUT2D eigenvalue weighted by molar-refractivity contribution is -0.142. The van der Waals surface area contributed by atoms with Gasteiger partial charge in [0.15, 0.2) is 0 Å². The number of para-hydroxylation sites is 1. The van der Waals surface area contributed by atoms with Crippen LogP contribution in [0.25, 0.3) is 10.9 Å². The number of fused-ring (bicyclic) bond motifs is 1.